The van der Waals surface area contributed by atoms with Crippen molar-refractivity contribution >= 4 is 17.0 Å². The lowest BCUT2D eigenvalue weighted by Gasteiger charge is -2.24. The van der Waals surface area contributed by atoms with Gasteiger partial charge in [0.05, 0.1) is 5.56 Å². The minimum atomic E-state index is -4.44. The van der Waals surface area contributed by atoms with Crippen LogP contribution in [0.4, 0.5) is 13.2 Å². The van der Waals surface area contributed by atoms with Gasteiger partial charge in [-0.15, -0.1) is 0 Å². The Hall–Kier alpha value is -2.83. The fourth-order valence-corrected chi connectivity index (χ4v) is 3.86. The molecule has 0 aliphatic carbocycles. The van der Waals surface area contributed by atoms with Crippen molar-refractivity contribution in [3.63, 3.8) is 0 Å². The van der Waals surface area contributed by atoms with E-state index in [1.165, 1.54) is 12.1 Å². The maximum absolute atomic E-state index is 13.4. The molecule has 29 heavy (non-hydrogen) atoms. The average molecular weight is 402 g/mol. The Morgan fingerprint density at radius 2 is 1.97 bits per heavy atom. The number of fused-ring (bicyclic) bond motifs is 1. The monoisotopic (exact) mass is 402 g/mol. The molecule has 1 amide bonds. The molecule has 0 N–H and O–H groups in total. The third-order valence-electron chi connectivity index (χ3n) is 5.26. The van der Waals surface area contributed by atoms with E-state index in [2.05, 4.69) is 4.98 Å². The van der Waals surface area contributed by atoms with Gasteiger partial charge < -0.3 is 9.32 Å². The number of rotatable bonds is 3. The molecule has 7 heteroatoms. The molecule has 2 heterocycles. The van der Waals surface area contributed by atoms with Crippen LogP contribution in [0, 0.1) is 5.92 Å². The number of amides is 1. The molecule has 4 nitrogen and oxygen atoms in total. The standard InChI is InChI=1S/C22H21F3N2O2/c1-13(2)21(28)27-11-5-8-18(27)20-26-17-12-14(9-10-19(17)29-20)15-6-3-4-7-16(15)22(23,24)25/h3-4,6-7,9-10,12-13,18H,5,8,11H2,1-2H3/t18-/m1/s1. The molecule has 1 aliphatic heterocycles. The molecule has 1 aromatic heterocycles. The van der Waals surface area contributed by atoms with E-state index < -0.39 is 11.7 Å². The summed E-state index contributed by atoms with van der Waals surface area (Å²) in [6.45, 7) is 4.37. The SMILES string of the molecule is CC(C)C(=O)N1CCC[C@@H]1c1nc2cc(-c3ccccc3C(F)(F)F)ccc2o1. The first-order chi connectivity index (χ1) is 13.8. The maximum Gasteiger partial charge on any atom is 0.417 e. The van der Waals surface area contributed by atoms with Crippen LogP contribution in [0.25, 0.3) is 22.2 Å². The van der Waals surface area contributed by atoms with Crippen molar-refractivity contribution in [1.29, 1.82) is 0 Å². The van der Waals surface area contributed by atoms with Crippen molar-refractivity contribution in [2.75, 3.05) is 6.54 Å². The van der Waals surface area contributed by atoms with Crippen molar-refractivity contribution in [2.24, 2.45) is 5.92 Å². The van der Waals surface area contributed by atoms with Crippen molar-refractivity contribution in [3.8, 4) is 11.1 Å². The van der Waals surface area contributed by atoms with Crippen molar-refractivity contribution in [1.82, 2.24) is 9.88 Å². The van der Waals surface area contributed by atoms with Gasteiger partial charge in [0.2, 0.25) is 11.8 Å². The molecule has 0 bridgehead atoms. The Morgan fingerprint density at radius 3 is 2.69 bits per heavy atom. The number of carbonyl (C=O) groups is 1. The summed E-state index contributed by atoms with van der Waals surface area (Å²) in [5.74, 6) is 0.368. The van der Waals surface area contributed by atoms with E-state index in [1.54, 1.807) is 29.2 Å². The topological polar surface area (TPSA) is 46.3 Å². The second kappa shape index (κ2) is 7.21. The first kappa shape index (κ1) is 19.5. The van der Waals surface area contributed by atoms with Crippen LogP contribution in [-0.2, 0) is 11.0 Å². The largest absolute Gasteiger partial charge is 0.438 e. The lowest BCUT2D eigenvalue weighted by atomic mass is 9.99. The Balaban J connectivity index is 1.72. The Morgan fingerprint density at radius 1 is 1.21 bits per heavy atom. The summed E-state index contributed by atoms with van der Waals surface area (Å²) in [7, 11) is 0. The lowest BCUT2D eigenvalue weighted by Crippen LogP contribution is -2.33. The maximum atomic E-state index is 13.4. The second-order valence-electron chi connectivity index (χ2n) is 7.62. The van der Waals surface area contributed by atoms with E-state index in [9.17, 15) is 18.0 Å². The molecule has 2 aromatic carbocycles. The van der Waals surface area contributed by atoms with Crippen molar-refractivity contribution in [3.05, 3.63) is 53.9 Å². The third-order valence-corrected chi connectivity index (χ3v) is 5.26. The van der Waals surface area contributed by atoms with Gasteiger partial charge in [-0.1, -0.05) is 38.1 Å². The smallest absolute Gasteiger partial charge is 0.417 e. The van der Waals surface area contributed by atoms with Crippen LogP contribution in [0.1, 0.15) is 44.2 Å². The second-order valence-corrected chi connectivity index (χ2v) is 7.62. The van der Waals surface area contributed by atoms with E-state index in [0.29, 0.717) is 29.1 Å². The van der Waals surface area contributed by atoms with E-state index in [4.69, 9.17) is 4.42 Å². The molecule has 0 radical (unpaired) electrons. The van der Waals surface area contributed by atoms with Gasteiger partial charge in [-0.05, 0) is 42.2 Å². The predicted octanol–water partition coefficient (Wildman–Crippen LogP) is 5.83. The minimum Gasteiger partial charge on any atom is -0.438 e. The number of benzene rings is 2. The molecule has 1 atom stereocenters. The summed E-state index contributed by atoms with van der Waals surface area (Å²) in [4.78, 5) is 18.8. The van der Waals surface area contributed by atoms with Gasteiger partial charge in [0, 0.05) is 12.5 Å². The summed E-state index contributed by atoms with van der Waals surface area (Å²) < 4.78 is 46.0. The van der Waals surface area contributed by atoms with Crippen LogP contribution >= 0.6 is 0 Å². The van der Waals surface area contributed by atoms with Gasteiger partial charge in [0.15, 0.2) is 5.58 Å². The van der Waals surface area contributed by atoms with Crippen LogP contribution in [0.2, 0.25) is 0 Å². The average Bonchev–Trinajstić information content (AvgIpc) is 3.32. The normalized spacial score (nSPS) is 17.4. The number of likely N-dealkylation sites (tertiary alicyclic amines) is 1. The molecular formula is C22H21F3N2O2. The Kier molecular flexibility index (Phi) is 4.84. The number of nitrogens with zero attached hydrogens (tertiary/aromatic N) is 2. The van der Waals surface area contributed by atoms with E-state index in [-0.39, 0.29) is 23.4 Å². The molecule has 0 spiro atoms. The molecule has 3 aromatic rings. The fraction of sp³-hybridized carbons (Fsp3) is 0.364. The summed E-state index contributed by atoms with van der Waals surface area (Å²) in [5.41, 5.74) is 0.818. The highest BCUT2D eigenvalue weighted by Crippen LogP contribution is 2.39. The van der Waals surface area contributed by atoms with E-state index >= 15 is 0 Å². The number of oxazole rings is 1. The minimum absolute atomic E-state index is 0.0505. The van der Waals surface area contributed by atoms with Crippen LogP contribution in [-0.4, -0.2) is 22.3 Å². The van der Waals surface area contributed by atoms with Gasteiger partial charge in [-0.25, -0.2) is 4.98 Å². The fourth-order valence-electron chi connectivity index (χ4n) is 3.86. The van der Waals surface area contributed by atoms with Gasteiger partial charge >= 0.3 is 6.18 Å². The van der Waals surface area contributed by atoms with Gasteiger partial charge in [-0.3, -0.25) is 4.79 Å². The summed E-state index contributed by atoms with van der Waals surface area (Å²) in [6, 6.07) is 10.1. The number of hydrogen-bond donors (Lipinski definition) is 0. The number of hydrogen-bond acceptors (Lipinski definition) is 3. The number of alkyl halides is 3. The Labute approximate surface area is 166 Å². The zero-order chi connectivity index (χ0) is 20.8. The molecule has 152 valence electrons. The van der Waals surface area contributed by atoms with Crippen molar-refractivity contribution < 1.29 is 22.4 Å². The summed E-state index contributed by atoms with van der Waals surface area (Å²) in [5, 5.41) is 0. The van der Waals surface area contributed by atoms with Crippen LogP contribution in [0.5, 0.6) is 0 Å². The molecular weight excluding hydrogens is 381 g/mol. The predicted molar refractivity (Wildman–Crippen MR) is 103 cm³/mol. The van der Waals surface area contributed by atoms with Crippen molar-refractivity contribution in [2.45, 2.75) is 38.9 Å². The molecule has 0 unspecified atom stereocenters. The van der Waals surface area contributed by atoms with E-state index in [1.807, 2.05) is 13.8 Å². The van der Waals surface area contributed by atoms with Crippen LogP contribution in [0.3, 0.4) is 0 Å². The van der Waals surface area contributed by atoms with Crippen LogP contribution in [0.15, 0.2) is 46.9 Å². The van der Waals surface area contributed by atoms with E-state index in [0.717, 1.165) is 18.9 Å². The molecule has 1 saturated heterocycles. The lowest BCUT2D eigenvalue weighted by molar-refractivity contribution is -0.137. The molecule has 1 fully saturated rings. The van der Waals surface area contributed by atoms with Gasteiger partial charge in [-0.2, -0.15) is 13.2 Å². The van der Waals surface area contributed by atoms with Gasteiger partial charge in [0.25, 0.3) is 0 Å². The third kappa shape index (κ3) is 3.61. The Bertz CT molecular complexity index is 1060. The first-order valence-electron chi connectivity index (χ1n) is 9.63. The number of aromatic nitrogens is 1. The zero-order valence-corrected chi connectivity index (χ0v) is 16.2. The molecule has 1 aliphatic rings. The first-order valence-corrected chi connectivity index (χ1v) is 9.63. The summed E-state index contributed by atoms with van der Waals surface area (Å²) >= 11 is 0. The number of halogens is 3. The molecule has 0 saturated carbocycles. The quantitative estimate of drug-likeness (QED) is 0.553. The highest BCUT2D eigenvalue weighted by molar-refractivity contribution is 5.82. The highest BCUT2D eigenvalue weighted by Gasteiger charge is 2.35. The highest BCUT2D eigenvalue weighted by atomic mass is 19.4. The van der Waals surface area contributed by atoms with Gasteiger partial charge in [0.1, 0.15) is 11.6 Å². The zero-order valence-electron chi connectivity index (χ0n) is 16.2. The van der Waals surface area contributed by atoms with Crippen LogP contribution < -0.4 is 0 Å². The number of carbonyl (C=O) groups excluding carboxylic acids is 1. The molecule has 4 rings (SSSR count). The summed E-state index contributed by atoms with van der Waals surface area (Å²) in [6.07, 6.45) is -2.82.